The van der Waals surface area contributed by atoms with Gasteiger partial charge in [0.15, 0.2) is 0 Å². The zero-order chi connectivity index (χ0) is 15.6. The molecule has 0 aromatic rings. The quantitative estimate of drug-likeness (QED) is 0.241. The predicted molar refractivity (Wildman–Crippen MR) is 92.4 cm³/mol. The number of rotatable bonds is 0. The summed E-state index contributed by atoms with van der Waals surface area (Å²) in [6.07, 6.45) is 3.44. The standard InChI is InChI=1S/C10H15.C8H19P.2ClH.Hf/c1-7-6-10(4,5)9(3)8(7)2;1-7(2,3)9-8(4,5)6;;;/h1-5H3;9H,1-6H3;2*1H;/q-1;;;;/p-2. The molecule has 22 heavy (non-hydrogen) atoms. The van der Waals surface area contributed by atoms with Crippen LogP contribution in [0, 0.1) is 11.5 Å². The molecule has 4 heteroatoms. The monoisotopic (exact) mass is 531 g/mol. The Morgan fingerprint density at radius 2 is 1.14 bits per heavy atom. The number of hydrogen-bond donors (Lipinski definition) is 0. The minimum absolute atomic E-state index is 0. The molecule has 132 valence electrons. The molecule has 1 aliphatic carbocycles. The zero-order valence-electron chi connectivity index (χ0n) is 16.3. The fourth-order valence-electron chi connectivity index (χ4n) is 2.53. The molecule has 1 rings (SSSR count). The van der Waals surface area contributed by atoms with E-state index >= 15 is 0 Å². The Morgan fingerprint density at radius 1 is 0.818 bits per heavy atom. The van der Waals surface area contributed by atoms with E-state index in [2.05, 4.69) is 82.2 Å². The van der Waals surface area contributed by atoms with Gasteiger partial charge in [0.05, 0.1) is 0 Å². The second kappa shape index (κ2) is 11.1. The molecule has 1 aliphatic rings. The van der Waals surface area contributed by atoms with Crippen molar-refractivity contribution in [2.24, 2.45) is 5.41 Å². The van der Waals surface area contributed by atoms with Gasteiger partial charge in [0.1, 0.15) is 0 Å². The number of halogens is 2. The van der Waals surface area contributed by atoms with E-state index in [9.17, 15) is 0 Å². The van der Waals surface area contributed by atoms with Gasteiger partial charge in [0.2, 0.25) is 0 Å². The van der Waals surface area contributed by atoms with Gasteiger partial charge < -0.3 is 24.8 Å². The summed E-state index contributed by atoms with van der Waals surface area (Å²) >= 11 is 0. The Morgan fingerprint density at radius 3 is 1.18 bits per heavy atom. The summed E-state index contributed by atoms with van der Waals surface area (Å²) < 4.78 is 0. The first kappa shape index (κ1) is 31.2. The van der Waals surface area contributed by atoms with Crippen molar-refractivity contribution in [3.63, 3.8) is 0 Å². The Kier molecular flexibility index (Phi) is 15.7. The fraction of sp³-hybridized carbons (Fsp3) is 0.778. The minimum Gasteiger partial charge on any atom is -1.00 e. The molecular weight excluding hydrogens is 497 g/mol. The smallest absolute Gasteiger partial charge is 0 e. The Bertz CT molecular complexity index is 371. The van der Waals surface area contributed by atoms with E-state index in [1.165, 1.54) is 16.7 Å². The van der Waals surface area contributed by atoms with Crippen molar-refractivity contribution in [2.45, 2.75) is 86.5 Å². The molecule has 0 nitrogen and oxygen atoms in total. The summed E-state index contributed by atoms with van der Waals surface area (Å²) in [6, 6.07) is 0. The molecule has 0 heterocycles. The van der Waals surface area contributed by atoms with Gasteiger partial charge in [-0.3, -0.25) is 6.08 Å². The molecule has 0 atom stereocenters. The second-order valence-corrected chi connectivity index (χ2v) is 11.5. The van der Waals surface area contributed by atoms with Crippen LogP contribution in [0.2, 0.25) is 0 Å². The maximum atomic E-state index is 3.44. The van der Waals surface area contributed by atoms with Crippen LogP contribution in [-0.4, -0.2) is 10.3 Å². The Balaban J connectivity index is -0.000000130. The van der Waals surface area contributed by atoms with Gasteiger partial charge in [-0.05, 0) is 10.3 Å². The number of hydrogen-bond acceptors (Lipinski definition) is 0. The molecule has 0 unspecified atom stereocenters. The molecule has 0 N–H and O–H groups in total. The Labute approximate surface area is 173 Å². The van der Waals surface area contributed by atoms with Gasteiger partial charge in [-0.1, -0.05) is 74.7 Å². The van der Waals surface area contributed by atoms with Crippen LogP contribution in [0.5, 0.6) is 0 Å². The first-order chi connectivity index (χ1) is 8.16. The van der Waals surface area contributed by atoms with E-state index in [-0.39, 0.29) is 56.1 Å². The number of allylic oxidation sites excluding steroid dienone is 4. The van der Waals surface area contributed by atoms with Crippen LogP contribution in [0.3, 0.4) is 0 Å². The third kappa shape index (κ3) is 12.7. The van der Waals surface area contributed by atoms with Crippen LogP contribution in [0.15, 0.2) is 16.7 Å². The van der Waals surface area contributed by atoms with E-state index in [1.807, 2.05) is 0 Å². The largest absolute Gasteiger partial charge is 1.00 e. The van der Waals surface area contributed by atoms with Crippen molar-refractivity contribution in [1.29, 1.82) is 0 Å². The molecule has 0 radical (unpaired) electrons. The van der Waals surface area contributed by atoms with E-state index in [0.717, 1.165) is 8.58 Å². The van der Waals surface area contributed by atoms with Crippen LogP contribution in [-0.2, 0) is 25.8 Å². The zero-order valence-corrected chi connectivity index (χ0v) is 22.4. The maximum absolute atomic E-state index is 3.44. The molecule has 0 bridgehead atoms. The first-order valence-electron chi connectivity index (χ1n) is 7.25. The van der Waals surface area contributed by atoms with Crippen molar-refractivity contribution in [3.8, 4) is 0 Å². The third-order valence-corrected chi connectivity index (χ3v) is 4.81. The molecule has 0 aromatic heterocycles. The van der Waals surface area contributed by atoms with Gasteiger partial charge in [-0.2, -0.15) is 11.1 Å². The molecule has 0 saturated heterocycles. The first-order valence-corrected chi connectivity index (χ1v) is 8.25. The molecule has 0 saturated carbocycles. The SMILES string of the molecule is CC(C)(C)PC(C)(C)C.CC1=[C-]C(C)(C)C(C)=C1C.[Cl-].[Cl-].[Hf]. The van der Waals surface area contributed by atoms with Crippen molar-refractivity contribution in [1.82, 2.24) is 0 Å². The molecular formula is C18H34Cl2HfP-3. The van der Waals surface area contributed by atoms with Crippen LogP contribution in [0.25, 0.3) is 0 Å². The average Bonchev–Trinajstić information content (AvgIpc) is 2.24. The summed E-state index contributed by atoms with van der Waals surface area (Å²) in [5.41, 5.74) is 4.39. The second-order valence-electron chi connectivity index (χ2n) is 8.25. The molecule has 0 amide bonds. The molecule has 0 fully saturated rings. The molecule has 0 spiro atoms. The summed E-state index contributed by atoms with van der Waals surface area (Å²) in [7, 11) is 1.05. The van der Waals surface area contributed by atoms with Crippen molar-refractivity contribution in [3.05, 3.63) is 22.8 Å². The van der Waals surface area contributed by atoms with Gasteiger partial charge >= 0.3 is 0 Å². The minimum atomic E-state index is 0. The maximum Gasteiger partial charge on any atom is 0 e. The van der Waals surface area contributed by atoms with E-state index < -0.39 is 0 Å². The van der Waals surface area contributed by atoms with E-state index in [4.69, 9.17) is 0 Å². The van der Waals surface area contributed by atoms with Gasteiger partial charge in [-0.15, -0.1) is 15.5 Å². The van der Waals surface area contributed by atoms with Crippen LogP contribution in [0.4, 0.5) is 0 Å². The third-order valence-electron chi connectivity index (χ3n) is 3.31. The van der Waals surface area contributed by atoms with E-state index in [1.54, 1.807) is 0 Å². The van der Waals surface area contributed by atoms with Gasteiger partial charge in [0, 0.05) is 25.8 Å². The normalized spacial score (nSPS) is 16.4. The van der Waals surface area contributed by atoms with Crippen LogP contribution >= 0.6 is 8.58 Å². The van der Waals surface area contributed by atoms with Crippen LogP contribution in [0.1, 0.15) is 76.2 Å². The molecule has 0 aromatic carbocycles. The van der Waals surface area contributed by atoms with Crippen molar-refractivity contribution < 1.29 is 50.7 Å². The van der Waals surface area contributed by atoms with Gasteiger partial charge in [0.25, 0.3) is 0 Å². The summed E-state index contributed by atoms with van der Waals surface area (Å²) in [5, 5.41) is 1.02. The van der Waals surface area contributed by atoms with Crippen LogP contribution < -0.4 is 24.8 Å². The van der Waals surface area contributed by atoms with E-state index in [0.29, 0.717) is 10.3 Å². The summed E-state index contributed by atoms with van der Waals surface area (Å²) in [6.45, 7) is 24.7. The molecule has 0 aliphatic heterocycles. The fourth-order valence-corrected chi connectivity index (χ4v) is 4.78. The van der Waals surface area contributed by atoms with Crippen molar-refractivity contribution in [2.75, 3.05) is 0 Å². The topological polar surface area (TPSA) is 0 Å². The van der Waals surface area contributed by atoms with Crippen molar-refractivity contribution >= 4 is 8.58 Å². The predicted octanol–water partition coefficient (Wildman–Crippen LogP) is 0.379. The average molecular weight is 531 g/mol. The summed E-state index contributed by atoms with van der Waals surface area (Å²) in [4.78, 5) is 0. The summed E-state index contributed by atoms with van der Waals surface area (Å²) in [5.74, 6) is 0. The Hall–Kier alpha value is 1.36. The van der Waals surface area contributed by atoms with Gasteiger partial charge in [-0.25, -0.2) is 5.57 Å².